The first-order chi connectivity index (χ1) is 11.3. The van der Waals surface area contributed by atoms with Gasteiger partial charge in [-0.3, -0.25) is 0 Å². The van der Waals surface area contributed by atoms with Crippen molar-refractivity contribution in [3.05, 3.63) is 64.7 Å². The molecule has 0 heterocycles. The van der Waals surface area contributed by atoms with E-state index in [2.05, 4.69) is 0 Å². The van der Waals surface area contributed by atoms with Crippen molar-refractivity contribution in [1.29, 1.82) is 0 Å². The number of sulfonamides is 1. The van der Waals surface area contributed by atoms with E-state index in [1.54, 1.807) is 0 Å². The summed E-state index contributed by atoms with van der Waals surface area (Å²) in [5.74, 6) is -1.81. The number of rotatable bonds is 3. The monoisotopic (exact) mass is 349 g/mol. The first-order valence-electron chi connectivity index (χ1n) is 7.58. The van der Waals surface area contributed by atoms with Gasteiger partial charge in [0.1, 0.15) is 16.5 Å². The second kappa shape index (κ2) is 6.11. The smallest absolute Gasteiger partial charge is 0.225 e. The Morgan fingerprint density at radius 2 is 1.71 bits per heavy atom. The topological polar surface area (TPSA) is 60.2 Å². The molecule has 3 nitrogen and oxygen atoms in total. The number of primary sulfonamides is 1. The number of allylic oxidation sites excluding steroid dienone is 2. The summed E-state index contributed by atoms with van der Waals surface area (Å²) in [5.41, 5.74) is 3.87. The van der Waals surface area contributed by atoms with Gasteiger partial charge >= 0.3 is 0 Å². The Kier molecular flexibility index (Phi) is 4.27. The van der Waals surface area contributed by atoms with Crippen LogP contribution in [0.15, 0.2) is 41.3 Å². The predicted octanol–water partition coefficient (Wildman–Crippen LogP) is 4.02. The molecule has 0 amide bonds. The molecule has 0 aromatic heterocycles. The maximum absolute atomic E-state index is 14.5. The Labute approximate surface area is 139 Å². The molecular formula is C18H17F2NO2S. The van der Waals surface area contributed by atoms with E-state index in [1.165, 1.54) is 0 Å². The fraction of sp³-hybridized carbons (Fsp3) is 0.222. The summed E-state index contributed by atoms with van der Waals surface area (Å²) in [6, 6.07) is 9.45. The SMILES string of the molecule is Cc1cccc(C2=C(c3cc(F)c(S(N)(=O)=O)cc3F)CCC2)c1. The third-order valence-electron chi connectivity index (χ3n) is 4.24. The van der Waals surface area contributed by atoms with E-state index in [0.717, 1.165) is 41.2 Å². The average molecular weight is 349 g/mol. The molecule has 0 spiro atoms. The first kappa shape index (κ1) is 16.8. The summed E-state index contributed by atoms with van der Waals surface area (Å²) in [6.45, 7) is 1.97. The van der Waals surface area contributed by atoms with E-state index in [4.69, 9.17) is 5.14 Å². The van der Waals surface area contributed by atoms with Crippen LogP contribution < -0.4 is 5.14 Å². The van der Waals surface area contributed by atoms with Crippen LogP contribution in [0.3, 0.4) is 0 Å². The Morgan fingerprint density at radius 3 is 2.38 bits per heavy atom. The molecule has 2 N–H and O–H groups in total. The normalized spacial score (nSPS) is 15.2. The van der Waals surface area contributed by atoms with Crippen LogP contribution in [0.5, 0.6) is 0 Å². The van der Waals surface area contributed by atoms with Gasteiger partial charge in [-0.15, -0.1) is 0 Å². The van der Waals surface area contributed by atoms with Gasteiger partial charge < -0.3 is 0 Å². The zero-order valence-corrected chi connectivity index (χ0v) is 14.0. The van der Waals surface area contributed by atoms with Crippen molar-refractivity contribution in [3.8, 4) is 0 Å². The number of hydrogen-bond acceptors (Lipinski definition) is 2. The Morgan fingerprint density at radius 1 is 1.00 bits per heavy atom. The fourth-order valence-electron chi connectivity index (χ4n) is 3.17. The lowest BCUT2D eigenvalue weighted by molar-refractivity contribution is 0.552. The minimum Gasteiger partial charge on any atom is -0.225 e. The van der Waals surface area contributed by atoms with Crippen LogP contribution in [-0.2, 0) is 10.0 Å². The highest BCUT2D eigenvalue weighted by Crippen LogP contribution is 2.41. The van der Waals surface area contributed by atoms with Gasteiger partial charge in [0.05, 0.1) is 0 Å². The van der Waals surface area contributed by atoms with E-state index < -0.39 is 26.6 Å². The molecule has 0 fully saturated rings. The van der Waals surface area contributed by atoms with Crippen molar-refractivity contribution in [1.82, 2.24) is 0 Å². The quantitative estimate of drug-likeness (QED) is 0.910. The van der Waals surface area contributed by atoms with E-state index in [1.807, 2.05) is 31.2 Å². The van der Waals surface area contributed by atoms with Crippen molar-refractivity contribution in [2.24, 2.45) is 5.14 Å². The van der Waals surface area contributed by atoms with Gasteiger partial charge in [-0.05, 0) is 55.0 Å². The lowest BCUT2D eigenvalue weighted by Crippen LogP contribution is -2.15. The van der Waals surface area contributed by atoms with Gasteiger partial charge in [0.15, 0.2) is 0 Å². The van der Waals surface area contributed by atoms with Gasteiger partial charge in [-0.2, -0.15) is 0 Å². The molecule has 0 unspecified atom stereocenters. The molecule has 0 saturated carbocycles. The van der Waals surface area contributed by atoms with E-state index in [9.17, 15) is 17.2 Å². The van der Waals surface area contributed by atoms with Crippen molar-refractivity contribution < 1.29 is 17.2 Å². The first-order valence-corrected chi connectivity index (χ1v) is 9.13. The molecule has 126 valence electrons. The number of hydrogen-bond donors (Lipinski definition) is 1. The number of aryl methyl sites for hydroxylation is 1. The third kappa shape index (κ3) is 3.12. The maximum Gasteiger partial charge on any atom is 0.241 e. The van der Waals surface area contributed by atoms with Gasteiger partial charge in [0, 0.05) is 5.56 Å². The molecule has 1 aliphatic rings. The van der Waals surface area contributed by atoms with Crippen LogP contribution in [0, 0.1) is 18.6 Å². The summed E-state index contributed by atoms with van der Waals surface area (Å²) in [6.07, 6.45) is 2.24. The van der Waals surface area contributed by atoms with Crippen molar-refractivity contribution in [3.63, 3.8) is 0 Å². The average Bonchev–Trinajstić information content (AvgIpc) is 2.97. The minimum absolute atomic E-state index is 0.105. The molecule has 3 rings (SSSR count). The standard InChI is InChI=1S/C18H17F2NO2S/c1-11-4-2-5-12(8-11)13-6-3-7-14(13)15-9-17(20)18(10-16(15)19)24(21,22)23/h2,4-5,8-10H,3,6-7H2,1H3,(H2,21,22,23). The predicted molar refractivity (Wildman–Crippen MR) is 89.6 cm³/mol. The summed E-state index contributed by atoms with van der Waals surface area (Å²) in [5, 5.41) is 4.92. The lowest BCUT2D eigenvalue weighted by Gasteiger charge is -2.12. The molecule has 6 heteroatoms. The van der Waals surface area contributed by atoms with Crippen LogP contribution in [0.1, 0.15) is 36.0 Å². The maximum atomic E-state index is 14.5. The molecule has 0 aliphatic heterocycles. The minimum atomic E-state index is -4.30. The van der Waals surface area contributed by atoms with Crippen LogP contribution >= 0.6 is 0 Å². The van der Waals surface area contributed by atoms with Crippen LogP contribution in [0.4, 0.5) is 8.78 Å². The summed E-state index contributed by atoms with van der Waals surface area (Å²) >= 11 is 0. The van der Waals surface area contributed by atoms with E-state index in [0.29, 0.717) is 12.5 Å². The fourth-order valence-corrected chi connectivity index (χ4v) is 3.77. The molecule has 2 aromatic carbocycles. The summed E-state index contributed by atoms with van der Waals surface area (Å²) in [4.78, 5) is -0.820. The van der Waals surface area contributed by atoms with Gasteiger partial charge in [-0.25, -0.2) is 22.3 Å². The van der Waals surface area contributed by atoms with Gasteiger partial charge in [0.25, 0.3) is 0 Å². The number of benzene rings is 2. The van der Waals surface area contributed by atoms with E-state index >= 15 is 0 Å². The lowest BCUT2D eigenvalue weighted by atomic mass is 9.96. The largest absolute Gasteiger partial charge is 0.241 e. The van der Waals surface area contributed by atoms with E-state index in [-0.39, 0.29) is 5.56 Å². The zero-order chi connectivity index (χ0) is 17.5. The molecular weight excluding hydrogens is 332 g/mol. The molecule has 0 saturated heterocycles. The molecule has 0 atom stereocenters. The van der Waals surface area contributed by atoms with Crippen LogP contribution in [-0.4, -0.2) is 8.42 Å². The van der Waals surface area contributed by atoms with Crippen LogP contribution in [0.25, 0.3) is 11.1 Å². The van der Waals surface area contributed by atoms with Gasteiger partial charge in [0.2, 0.25) is 10.0 Å². The Hall–Kier alpha value is -2.05. The highest BCUT2D eigenvalue weighted by atomic mass is 32.2. The molecule has 1 aliphatic carbocycles. The third-order valence-corrected chi connectivity index (χ3v) is 5.16. The molecule has 2 aromatic rings. The second-order valence-corrected chi connectivity index (χ2v) is 7.52. The Balaban J connectivity index is 2.17. The molecule has 0 radical (unpaired) electrons. The molecule has 24 heavy (non-hydrogen) atoms. The highest BCUT2D eigenvalue weighted by Gasteiger charge is 2.24. The van der Waals surface area contributed by atoms with Crippen molar-refractivity contribution >= 4 is 21.2 Å². The second-order valence-electron chi connectivity index (χ2n) is 5.99. The summed E-state index contributed by atoms with van der Waals surface area (Å²) < 4.78 is 51.2. The van der Waals surface area contributed by atoms with Gasteiger partial charge in [-0.1, -0.05) is 29.8 Å². The van der Waals surface area contributed by atoms with Crippen molar-refractivity contribution in [2.45, 2.75) is 31.1 Å². The number of nitrogens with two attached hydrogens (primary N) is 1. The number of halogens is 2. The van der Waals surface area contributed by atoms with Crippen molar-refractivity contribution in [2.75, 3.05) is 0 Å². The Bertz CT molecular complexity index is 949. The summed E-state index contributed by atoms with van der Waals surface area (Å²) in [7, 11) is -4.30. The molecule has 0 bridgehead atoms. The highest BCUT2D eigenvalue weighted by molar-refractivity contribution is 7.89. The van der Waals surface area contributed by atoms with Crippen LogP contribution in [0.2, 0.25) is 0 Å². The zero-order valence-electron chi connectivity index (χ0n) is 13.1.